The summed E-state index contributed by atoms with van der Waals surface area (Å²) in [5.41, 5.74) is -0.0882. The van der Waals surface area contributed by atoms with E-state index in [-0.39, 0.29) is 17.1 Å². The fraction of sp³-hybridized carbons (Fsp3) is 0.545. The van der Waals surface area contributed by atoms with Crippen LogP contribution in [0.3, 0.4) is 0 Å². The van der Waals surface area contributed by atoms with E-state index in [0.29, 0.717) is 5.56 Å². The molecular formula is C11H17NO4S2. The van der Waals surface area contributed by atoms with Gasteiger partial charge in [0.15, 0.2) is 0 Å². The third kappa shape index (κ3) is 4.08. The van der Waals surface area contributed by atoms with Crippen LogP contribution < -0.4 is 4.72 Å². The predicted octanol–water partition coefficient (Wildman–Crippen LogP) is 1.98. The maximum absolute atomic E-state index is 12.1. The zero-order valence-electron chi connectivity index (χ0n) is 10.6. The molecule has 0 saturated heterocycles. The molecular weight excluding hydrogens is 274 g/mol. The fourth-order valence-corrected chi connectivity index (χ4v) is 4.38. The Morgan fingerprint density at radius 1 is 1.50 bits per heavy atom. The summed E-state index contributed by atoms with van der Waals surface area (Å²) in [6, 6.07) is 1.74. The van der Waals surface area contributed by atoms with Crippen molar-refractivity contribution < 1.29 is 18.3 Å². The van der Waals surface area contributed by atoms with E-state index in [2.05, 4.69) is 4.72 Å². The number of thiophene rings is 1. The lowest BCUT2D eigenvalue weighted by atomic mass is 10.0. The highest BCUT2D eigenvalue weighted by atomic mass is 32.2. The zero-order valence-corrected chi connectivity index (χ0v) is 12.2. The number of hydrogen-bond acceptors (Lipinski definition) is 4. The minimum Gasteiger partial charge on any atom is -0.481 e. The van der Waals surface area contributed by atoms with Gasteiger partial charge >= 0.3 is 5.97 Å². The molecule has 0 aromatic carbocycles. The molecule has 0 bridgehead atoms. The van der Waals surface area contributed by atoms with Crippen LogP contribution in [-0.2, 0) is 14.8 Å². The Hall–Kier alpha value is -0.920. The Balaban J connectivity index is 2.83. The van der Waals surface area contributed by atoms with Gasteiger partial charge in [-0.2, -0.15) is 0 Å². The number of sulfonamides is 1. The van der Waals surface area contributed by atoms with Crippen molar-refractivity contribution in [1.29, 1.82) is 0 Å². The van der Waals surface area contributed by atoms with Crippen LogP contribution >= 0.6 is 11.3 Å². The van der Waals surface area contributed by atoms with Crippen LogP contribution in [0.2, 0.25) is 0 Å². The van der Waals surface area contributed by atoms with E-state index < -0.39 is 21.5 Å². The highest BCUT2D eigenvalue weighted by Gasteiger charge is 2.28. The van der Waals surface area contributed by atoms with Crippen LogP contribution in [0.25, 0.3) is 0 Å². The van der Waals surface area contributed by atoms with Gasteiger partial charge in [-0.05, 0) is 44.2 Å². The second-order valence-corrected chi connectivity index (χ2v) is 7.57. The lowest BCUT2D eigenvalue weighted by Crippen LogP contribution is -2.43. The van der Waals surface area contributed by atoms with Gasteiger partial charge in [0.05, 0.1) is 0 Å². The Kier molecular flexibility index (Phi) is 4.52. The third-order valence-electron chi connectivity index (χ3n) is 2.43. The molecule has 0 amide bonds. The van der Waals surface area contributed by atoms with Crippen LogP contribution in [0.4, 0.5) is 0 Å². The Morgan fingerprint density at radius 3 is 2.56 bits per heavy atom. The van der Waals surface area contributed by atoms with Crippen LogP contribution in [0, 0.1) is 6.92 Å². The summed E-state index contributed by atoms with van der Waals surface area (Å²) in [4.78, 5) is 10.5. The molecule has 2 N–H and O–H groups in total. The quantitative estimate of drug-likeness (QED) is 0.839. The van der Waals surface area contributed by atoms with Crippen molar-refractivity contribution in [2.45, 2.75) is 43.4 Å². The molecule has 0 saturated carbocycles. The molecule has 1 heterocycles. The maximum atomic E-state index is 12.1. The van der Waals surface area contributed by atoms with Gasteiger partial charge in [0, 0.05) is 12.0 Å². The summed E-state index contributed by atoms with van der Waals surface area (Å²) in [5.74, 6) is -0.936. The van der Waals surface area contributed by atoms with Crippen molar-refractivity contribution in [3.05, 3.63) is 17.0 Å². The molecule has 102 valence electrons. The molecule has 0 spiro atoms. The van der Waals surface area contributed by atoms with Gasteiger partial charge in [-0.1, -0.05) is 0 Å². The van der Waals surface area contributed by atoms with Gasteiger partial charge < -0.3 is 5.11 Å². The molecule has 0 aliphatic carbocycles. The second kappa shape index (κ2) is 5.38. The van der Waals surface area contributed by atoms with Crippen molar-refractivity contribution in [3.63, 3.8) is 0 Å². The molecule has 0 unspecified atom stereocenters. The first-order valence-electron chi connectivity index (χ1n) is 5.44. The van der Waals surface area contributed by atoms with Crippen LogP contribution in [-0.4, -0.2) is 25.0 Å². The number of rotatable bonds is 6. The minimum atomic E-state index is -3.58. The average Bonchev–Trinajstić information content (AvgIpc) is 2.61. The molecule has 1 aromatic rings. The van der Waals surface area contributed by atoms with Crippen LogP contribution in [0.15, 0.2) is 15.7 Å². The SMILES string of the molecule is Cc1ccsc1S(=O)(=O)NC(C)(C)CCC(=O)O. The topological polar surface area (TPSA) is 83.5 Å². The molecule has 7 heteroatoms. The largest absolute Gasteiger partial charge is 0.481 e. The highest BCUT2D eigenvalue weighted by Crippen LogP contribution is 2.24. The van der Waals surface area contributed by atoms with E-state index in [4.69, 9.17) is 5.11 Å². The van der Waals surface area contributed by atoms with Crippen molar-refractivity contribution in [2.75, 3.05) is 0 Å². The first kappa shape index (κ1) is 15.1. The standard InChI is InChI=1S/C11H17NO4S2/c1-8-5-7-17-10(8)18(15,16)12-11(2,3)6-4-9(13)14/h5,7,12H,4,6H2,1-3H3,(H,13,14). The summed E-state index contributed by atoms with van der Waals surface area (Å²) in [6.45, 7) is 5.09. The summed E-state index contributed by atoms with van der Waals surface area (Å²) >= 11 is 1.15. The summed E-state index contributed by atoms with van der Waals surface area (Å²) in [6.07, 6.45) is 0.172. The first-order chi connectivity index (χ1) is 8.14. The molecule has 1 rings (SSSR count). The fourth-order valence-electron chi connectivity index (χ4n) is 1.51. The van der Waals surface area contributed by atoms with Crippen molar-refractivity contribution in [3.8, 4) is 0 Å². The average molecular weight is 291 g/mol. The highest BCUT2D eigenvalue weighted by molar-refractivity contribution is 7.91. The Labute approximate surface area is 111 Å². The lowest BCUT2D eigenvalue weighted by Gasteiger charge is -2.25. The smallest absolute Gasteiger partial charge is 0.303 e. The van der Waals surface area contributed by atoms with E-state index in [1.54, 1.807) is 32.2 Å². The minimum absolute atomic E-state index is 0.0705. The predicted molar refractivity (Wildman–Crippen MR) is 70.3 cm³/mol. The lowest BCUT2D eigenvalue weighted by molar-refractivity contribution is -0.137. The molecule has 0 aliphatic rings. The Bertz CT molecular complexity index is 531. The van der Waals surface area contributed by atoms with Crippen molar-refractivity contribution >= 4 is 27.3 Å². The van der Waals surface area contributed by atoms with E-state index in [0.717, 1.165) is 11.3 Å². The number of aliphatic carboxylic acids is 1. The number of nitrogens with one attached hydrogen (secondary N) is 1. The molecule has 0 atom stereocenters. The van der Waals surface area contributed by atoms with Crippen molar-refractivity contribution in [1.82, 2.24) is 4.72 Å². The number of aryl methyl sites for hydroxylation is 1. The van der Waals surface area contributed by atoms with Crippen LogP contribution in [0.1, 0.15) is 32.3 Å². The zero-order chi connectivity index (χ0) is 14.0. The van der Waals surface area contributed by atoms with E-state index >= 15 is 0 Å². The van der Waals surface area contributed by atoms with Crippen LogP contribution in [0.5, 0.6) is 0 Å². The van der Waals surface area contributed by atoms with Crippen molar-refractivity contribution in [2.24, 2.45) is 0 Å². The molecule has 0 radical (unpaired) electrons. The van der Waals surface area contributed by atoms with Gasteiger partial charge in [0.25, 0.3) is 10.0 Å². The molecule has 18 heavy (non-hydrogen) atoms. The molecule has 1 aromatic heterocycles. The van der Waals surface area contributed by atoms with E-state index in [1.807, 2.05) is 0 Å². The third-order valence-corrected chi connectivity index (χ3v) is 5.82. The number of hydrogen-bond donors (Lipinski definition) is 2. The Morgan fingerprint density at radius 2 is 2.11 bits per heavy atom. The number of carboxylic acid groups (broad SMARTS) is 1. The van der Waals surface area contributed by atoms with Gasteiger partial charge in [-0.25, -0.2) is 13.1 Å². The maximum Gasteiger partial charge on any atom is 0.303 e. The monoisotopic (exact) mass is 291 g/mol. The summed E-state index contributed by atoms with van der Waals surface area (Å²) in [7, 11) is -3.58. The van der Waals surface area contributed by atoms with E-state index in [1.165, 1.54) is 0 Å². The molecule has 0 fully saturated rings. The molecule has 0 aliphatic heterocycles. The number of carboxylic acids is 1. The van der Waals surface area contributed by atoms with E-state index in [9.17, 15) is 13.2 Å². The van der Waals surface area contributed by atoms with Gasteiger partial charge in [-0.15, -0.1) is 11.3 Å². The molecule has 5 nitrogen and oxygen atoms in total. The second-order valence-electron chi connectivity index (χ2n) is 4.77. The first-order valence-corrected chi connectivity index (χ1v) is 7.80. The summed E-state index contributed by atoms with van der Waals surface area (Å²) in [5, 5.41) is 10.3. The van der Waals surface area contributed by atoms with Gasteiger partial charge in [0.1, 0.15) is 4.21 Å². The van der Waals surface area contributed by atoms with Gasteiger partial charge in [0.2, 0.25) is 0 Å². The normalized spacial score (nSPS) is 12.6. The summed E-state index contributed by atoms with van der Waals surface area (Å²) < 4.78 is 27.1. The number of carbonyl (C=O) groups is 1. The van der Waals surface area contributed by atoms with Gasteiger partial charge in [-0.3, -0.25) is 4.79 Å².